The van der Waals surface area contributed by atoms with Crippen LogP contribution in [0.15, 0.2) is 12.2 Å². The summed E-state index contributed by atoms with van der Waals surface area (Å²) in [6.45, 7) is 8.98. The van der Waals surface area contributed by atoms with E-state index in [1.165, 1.54) is 31.3 Å². The van der Waals surface area contributed by atoms with Gasteiger partial charge in [0.1, 0.15) is 0 Å². The fourth-order valence-corrected chi connectivity index (χ4v) is 1.74. The highest BCUT2D eigenvalue weighted by Gasteiger charge is 2.12. The monoisotopic (exact) mass is 216 g/mol. The van der Waals surface area contributed by atoms with Crippen molar-refractivity contribution in [3.8, 4) is 0 Å². The number of rotatable bonds is 7. The summed E-state index contributed by atoms with van der Waals surface area (Å²) in [5, 5.41) is 0.445. The standard InChI is InChI=1S/C12H24OS/c1-6-7-9-12(3,4)10-8-11(2)14-13-5/h8,10-11H,6-7,9H2,1-5H3/b10-8+. The lowest BCUT2D eigenvalue weighted by Crippen LogP contribution is -2.07. The molecule has 0 bridgehead atoms. The van der Waals surface area contributed by atoms with Crippen LogP contribution in [-0.2, 0) is 4.18 Å². The molecule has 0 aliphatic heterocycles. The molecule has 14 heavy (non-hydrogen) atoms. The largest absolute Gasteiger partial charge is 0.318 e. The van der Waals surface area contributed by atoms with Crippen molar-refractivity contribution in [2.75, 3.05) is 7.11 Å². The molecule has 0 rings (SSSR count). The molecule has 0 aromatic heterocycles. The molecule has 0 amide bonds. The van der Waals surface area contributed by atoms with E-state index in [2.05, 4.69) is 39.8 Å². The van der Waals surface area contributed by atoms with Crippen LogP contribution in [0.1, 0.15) is 47.0 Å². The molecule has 0 heterocycles. The van der Waals surface area contributed by atoms with Gasteiger partial charge < -0.3 is 4.18 Å². The van der Waals surface area contributed by atoms with Crippen molar-refractivity contribution in [2.24, 2.45) is 5.41 Å². The van der Waals surface area contributed by atoms with Crippen LogP contribution in [0.4, 0.5) is 0 Å². The summed E-state index contributed by atoms with van der Waals surface area (Å²) >= 11 is 1.51. The van der Waals surface area contributed by atoms with Gasteiger partial charge in [-0.15, -0.1) is 0 Å². The van der Waals surface area contributed by atoms with Gasteiger partial charge in [0, 0.05) is 5.25 Å². The van der Waals surface area contributed by atoms with E-state index in [1.807, 2.05) is 0 Å². The zero-order chi connectivity index (χ0) is 11.0. The first kappa shape index (κ1) is 14.1. The first-order valence-corrected chi connectivity index (χ1v) is 6.21. The number of allylic oxidation sites excluding steroid dienone is 1. The maximum absolute atomic E-state index is 5.02. The molecule has 0 radical (unpaired) electrons. The van der Waals surface area contributed by atoms with Crippen molar-refractivity contribution in [3.05, 3.63) is 12.2 Å². The van der Waals surface area contributed by atoms with Gasteiger partial charge in [0.2, 0.25) is 0 Å². The van der Waals surface area contributed by atoms with E-state index in [9.17, 15) is 0 Å². The molecule has 1 nitrogen and oxygen atoms in total. The van der Waals surface area contributed by atoms with Gasteiger partial charge in [-0.05, 0) is 30.8 Å². The lowest BCUT2D eigenvalue weighted by atomic mass is 9.87. The third-order valence-corrected chi connectivity index (χ3v) is 2.89. The third kappa shape index (κ3) is 7.45. The summed E-state index contributed by atoms with van der Waals surface area (Å²) in [6.07, 6.45) is 8.41. The minimum atomic E-state index is 0.332. The topological polar surface area (TPSA) is 9.23 Å². The Bertz CT molecular complexity index is 164. The summed E-state index contributed by atoms with van der Waals surface area (Å²) in [5.74, 6) is 0. The minimum absolute atomic E-state index is 0.332. The van der Waals surface area contributed by atoms with Gasteiger partial charge in [-0.3, -0.25) is 0 Å². The van der Waals surface area contributed by atoms with Gasteiger partial charge >= 0.3 is 0 Å². The van der Waals surface area contributed by atoms with Gasteiger partial charge in [-0.2, -0.15) is 0 Å². The van der Waals surface area contributed by atoms with Crippen molar-refractivity contribution >= 4 is 12.0 Å². The normalized spacial score (nSPS) is 14.9. The second kappa shape index (κ2) is 7.36. The van der Waals surface area contributed by atoms with E-state index < -0.39 is 0 Å². The third-order valence-electron chi connectivity index (χ3n) is 2.24. The summed E-state index contributed by atoms with van der Waals surface area (Å²) in [7, 11) is 1.72. The molecule has 0 aliphatic carbocycles. The van der Waals surface area contributed by atoms with E-state index >= 15 is 0 Å². The first-order chi connectivity index (χ1) is 6.52. The lowest BCUT2D eigenvalue weighted by molar-refractivity contribution is 0.418. The van der Waals surface area contributed by atoms with Crippen LogP contribution in [0, 0.1) is 5.41 Å². The Labute approximate surface area is 93.5 Å². The first-order valence-electron chi connectivity index (χ1n) is 5.40. The van der Waals surface area contributed by atoms with Crippen LogP contribution in [0.2, 0.25) is 0 Å². The lowest BCUT2D eigenvalue weighted by Gasteiger charge is -2.20. The van der Waals surface area contributed by atoms with Gasteiger partial charge in [0.15, 0.2) is 0 Å². The SMILES string of the molecule is CCCCC(C)(C)/C=C/C(C)SOC. The molecule has 0 saturated heterocycles. The average molecular weight is 216 g/mol. The molecule has 0 saturated carbocycles. The molecular formula is C12H24OS. The van der Waals surface area contributed by atoms with Crippen molar-refractivity contribution in [2.45, 2.75) is 52.2 Å². The van der Waals surface area contributed by atoms with Crippen molar-refractivity contribution in [3.63, 3.8) is 0 Å². The second-order valence-electron chi connectivity index (χ2n) is 4.42. The highest BCUT2D eigenvalue weighted by molar-refractivity contribution is 7.95. The van der Waals surface area contributed by atoms with Crippen molar-refractivity contribution in [1.29, 1.82) is 0 Å². The Morgan fingerprint density at radius 1 is 1.43 bits per heavy atom. The number of hydrogen-bond acceptors (Lipinski definition) is 2. The quantitative estimate of drug-likeness (QED) is 0.459. The predicted molar refractivity (Wildman–Crippen MR) is 66.5 cm³/mol. The van der Waals surface area contributed by atoms with E-state index in [4.69, 9.17) is 4.18 Å². The molecule has 0 fully saturated rings. The minimum Gasteiger partial charge on any atom is -0.318 e. The van der Waals surface area contributed by atoms with Crippen molar-refractivity contribution < 1.29 is 4.18 Å². The van der Waals surface area contributed by atoms with Crippen LogP contribution in [0.5, 0.6) is 0 Å². The Balaban J connectivity index is 3.92. The molecule has 1 unspecified atom stereocenters. The summed E-state index contributed by atoms with van der Waals surface area (Å²) in [5.41, 5.74) is 0.332. The van der Waals surface area contributed by atoms with Crippen LogP contribution >= 0.6 is 12.0 Å². The predicted octanol–water partition coefficient (Wildman–Crippen LogP) is 4.44. The summed E-state index contributed by atoms with van der Waals surface area (Å²) in [6, 6.07) is 0. The van der Waals surface area contributed by atoms with Crippen LogP contribution < -0.4 is 0 Å². The molecule has 1 atom stereocenters. The Morgan fingerprint density at radius 3 is 2.57 bits per heavy atom. The zero-order valence-corrected chi connectivity index (χ0v) is 11.0. The van der Waals surface area contributed by atoms with Crippen LogP contribution in [-0.4, -0.2) is 12.4 Å². The molecule has 0 aromatic rings. The van der Waals surface area contributed by atoms with Crippen LogP contribution in [0.3, 0.4) is 0 Å². The second-order valence-corrected chi connectivity index (χ2v) is 5.69. The smallest absolute Gasteiger partial charge is 0.0503 e. The number of unbranched alkanes of at least 4 members (excludes halogenated alkanes) is 1. The van der Waals surface area contributed by atoms with E-state index in [-0.39, 0.29) is 0 Å². The highest BCUT2D eigenvalue weighted by Crippen LogP contribution is 2.26. The van der Waals surface area contributed by atoms with Gasteiger partial charge in [0.25, 0.3) is 0 Å². The molecule has 0 aliphatic rings. The molecule has 2 heteroatoms. The van der Waals surface area contributed by atoms with E-state index in [1.54, 1.807) is 7.11 Å². The Hall–Kier alpha value is 0.0500. The Kier molecular flexibility index (Phi) is 7.38. The highest BCUT2D eigenvalue weighted by atomic mass is 32.2. The number of hydrogen-bond donors (Lipinski definition) is 0. The van der Waals surface area contributed by atoms with Crippen molar-refractivity contribution in [1.82, 2.24) is 0 Å². The van der Waals surface area contributed by atoms with E-state index in [0.29, 0.717) is 10.7 Å². The summed E-state index contributed by atoms with van der Waals surface area (Å²) < 4.78 is 5.02. The molecule has 0 aromatic carbocycles. The summed E-state index contributed by atoms with van der Waals surface area (Å²) in [4.78, 5) is 0. The molecule has 84 valence electrons. The Morgan fingerprint density at radius 2 is 2.07 bits per heavy atom. The van der Waals surface area contributed by atoms with Gasteiger partial charge in [0.05, 0.1) is 7.11 Å². The fourth-order valence-electron chi connectivity index (χ4n) is 1.30. The maximum atomic E-state index is 5.02. The van der Waals surface area contributed by atoms with Gasteiger partial charge in [-0.1, -0.05) is 45.8 Å². The maximum Gasteiger partial charge on any atom is 0.0503 e. The average Bonchev–Trinajstić information content (AvgIpc) is 2.13. The molecular weight excluding hydrogens is 192 g/mol. The fraction of sp³-hybridized carbons (Fsp3) is 0.833. The molecule has 0 spiro atoms. The van der Waals surface area contributed by atoms with E-state index in [0.717, 1.165) is 0 Å². The van der Waals surface area contributed by atoms with Gasteiger partial charge in [-0.25, -0.2) is 0 Å². The van der Waals surface area contributed by atoms with Crippen LogP contribution in [0.25, 0.3) is 0 Å². The zero-order valence-electron chi connectivity index (χ0n) is 10.2. The molecule has 0 N–H and O–H groups in total.